The van der Waals surface area contributed by atoms with Crippen molar-refractivity contribution in [2.24, 2.45) is 11.3 Å². The molecule has 1 atom stereocenters. The second-order valence-electron chi connectivity index (χ2n) is 5.31. The topological polar surface area (TPSA) is 69.6 Å². The predicted molar refractivity (Wildman–Crippen MR) is 59.7 cm³/mol. The van der Waals surface area contributed by atoms with Crippen LogP contribution >= 0.6 is 0 Å². The molecule has 0 saturated heterocycles. The highest BCUT2D eigenvalue weighted by Crippen LogP contribution is 2.45. The van der Waals surface area contributed by atoms with Crippen molar-refractivity contribution in [1.29, 1.82) is 0 Å². The van der Waals surface area contributed by atoms with Crippen molar-refractivity contribution in [2.75, 3.05) is 6.61 Å². The summed E-state index contributed by atoms with van der Waals surface area (Å²) in [7, 11) is 0. The van der Waals surface area contributed by atoms with Crippen molar-refractivity contribution in [3.05, 3.63) is 0 Å². The van der Waals surface area contributed by atoms with Gasteiger partial charge in [0.25, 0.3) is 0 Å². The number of nitrogens with one attached hydrogen (secondary N) is 1. The van der Waals surface area contributed by atoms with Crippen LogP contribution in [0.3, 0.4) is 0 Å². The minimum Gasteiger partial charge on any atom is -0.395 e. The van der Waals surface area contributed by atoms with Crippen molar-refractivity contribution in [3.8, 4) is 0 Å². The van der Waals surface area contributed by atoms with Gasteiger partial charge in [0, 0.05) is 6.04 Å². The van der Waals surface area contributed by atoms with Crippen LogP contribution in [-0.4, -0.2) is 34.9 Å². The lowest BCUT2D eigenvalue weighted by Gasteiger charge is -2.38. The Balaban J connectivity index is 1.85. The van der Waals surface area contributed by atoms with Crippen LogP contribution in [-0.2, 0) is 4.79 Å². The van der Waals surface area contributed by atoms with Crippen LogP contribution in [0.2, 0.25) is 0 Å². The molecule has 0 aromatic rings. The molecule has 1 amide bonds. The Morgan fingerprint density at radius 2 is 2.12 bits per heavy atom. The molecule has 4 nitrogen and oxygen atoms in total. The third-order valence-corrected chi connectivity index (χ3v) is 4.11. The third-order valence-electron chi connectivity index (χ3n) is 4.11. The van der Waals surface area contributed by atoms with E-state index in [9.17, 15) is 9.90 Å². The van der Waals surface area contributed by atoms with Gasteiger partial charge >= 0.3 is 0 Å². The van der Waals surface area contributed by atoms with E-state index in [-0.39, 0.29) is 24.7 Å². The van der Waals surface area contributed by atoms with Gasteiger partial charge in [-0.1, -0.05) is 6.92 Å². The largest absolute Gasteiger partial charge is 0.395 e. The van der Waals surface area contributed by atoms with Crippen molar-refractivity contribution in [1.82, 2.24) is 5.32 Å². The normalized spacial score (nSPS) is 32.7. The van der Waals surface area contributed by atoms with E-state index in [2.05, 4.69) is 5.32 Å². The number of amides is 1. The SMILES string of the molecule is CC[C@H](NC(=O)C1(CO)CC1)C1CC(O)C1. The van der Waals surface area contributed by atoms with Crippen molar-refractivity contribution in [3.63, 3.8) is 0 Å². The Labute approximate surface area is 96.0 Å². The van der Waals surface area contributed by atoms with Gasteiger partial charge in [0.05, 0.1) is 18.1 Å². The molecule has 0 bridgehead atoms. The zero-order valence-electron chi connectivity index (χ0n) is 9.78. The molecule has 0 radical (unpaired) electrons. The summed E-state index contributed by atoms with van der Waals surface area (Å²) < 4.78 is 0. The zero-order valence-corrected chi connectivity index (χ0v) is 9.78. The fourth-order valence-corrected chi connectivity index (χ4v) is 2.44. The van der Waals surface area contributed by atoms with Gasteiger partial charge in [-0.05, 0) is 38.0 Å². The molecular formula is C12H21NO3. The lowest BCUT2D eigenvalue weighted by atomic mass is 9.76. The summed E-state index contributed by atoms with van der Waals surface area (Å²) in [6, 6.07) is 0.167. The van der Waals surface area contributed by atoms with Gasteiger partial charge in [-0.25, -0.2) is 0 Å². The fourth-order valence-electron chi connectivity index (χ4n) is 2.44. The van der Waals surface area contributed by atoms with Crippen molar-refractivity contribution < 1.29 is 15.0 Å². The molecule has 16 heavy (non-hydrogen) atoms. The maximum absolute atomic E-state index is 11.9. The second kappa shape index (κ2) is 4.34. The summed E-state index contributed by atoms with van der Waals surface area (Å²) in [4.78, 5) is 11.9. The molecule has 4 heteroatoms. The standard InChI is InChI=1S/C12H21NO3/c1-2-10(8-5-9(15)6-8)13-11(16)12(7-14)3-4-12/h8-10,14-15H,2-7H2,1H3,(H,13,16)/t8?,9?,10-/m0/s1. The van der Waals surface area contributed by atoms with Gasteiger partial charge in [0.15, 0.2) is 0 Å². The van der Waals surface area contributed by atoms with E-state index < -0.39 is 5.41 Å². The Hall–Kier alpha value is -0.610. The first-order chi connectivity index (χ1) is 7.61. The predicted octanol–water partition coefficient (Wildman–Crippen LogP) is 0.425. The summed E-state index contributed by atoms with van der Waals surface area (Å²) in [6.07, 6.45) is 3.92. The summed E-state index contributed by atoms with van der Waals surface area (Å²) in [5.74, 6) is 0.418. The first-order valence-corrected chi connectivity index (χ1v) is 6.21. The molecule has 0 unspecified atom stereocenters. The number of rotatable bonds is 5. The molecular weight excluding hydrogens is 206 g/mol. The molecule has 0 aromatic carbocycles. The molecule has 0 spiro atoms. The number of hydrogen-bond donors (Lipinski definition) is 3. The molecule has 2 saturated carbocycles. The molecule has 3 N–H and O–H groups in total. The monoisotopic (exact) mass is 227 g/mol. The van der Waals surface area contributed by atoms with E-state index in [0.717, 1.165) is 32.1 Å². The number of carbonyl (C=O) groups excluding carboxylic acids is 1. The van der Waals surface area contributed by atoms with Crippen LogP contribution < -0.4 is 5.32 Å². The average Bonchev–Trinajstić information content (AvgIpc) is 3.02. The van der Waals surface area contributed by atoms with Crippen LogP contribution in [0, 0.1) is 11.3 Å². The average molecular weight is 227 g/mol. The van der Waals surface area contributed by atoms with Gasteiger partial charge in [-0.15, -0.1) is 0 Å². The lowest BCUT2D eigenvalue weighted by molar-refractivity contribution is -0.129. The maximum atomic E-state index is 11.9. The van der Waals surface area contributed by atoms with E-state index >= 15 is 0 Å². The van der Waals surface area contributed by atoms with Crippen molar-refractivity contribution in [2.45, 2.75) is 51.2 Å². The van der Waals surface area contributed by atoms with Crippen LogP contribution in [0.15, 0.2) is 0 Å². The highest BCUT2D eigenvalue weighted by atomic mass is 16.3. The van der Waals surface area contributed by atoms with E-state index in [1.165, 1.54) is 0 Å². The molecule has 0 heterocycles. The summed E-state index contributed by atoms with van der Waals surface area (Å²) in [5.41, 5.74) is -0.476. The summed E-state index contributed by atoms with van der Waals surface area (Å²) in [6.45, 7) is 2.01. The Kier molecular flexibility index (Phi) is 3.22. The molecule has 0 aromatic heterocycles. The fraction of sp³-hybridized carbons (Fsp3) is 0.917. The highest BCUT2D eigenvalue weighted by molar-refractivity contribution is 5.85. The minimum atomic E-state index is -0.476. The van der Waals surface area contributed by atoms with Gasteiger partial charge in [-0.2, -0.15) is 0 Å². The van der Waals surface area contributed by atoms with E-state index in [0.29, 0.717) is 5.92 Å². The van der Waals surface area contributed by atoms with E-state index in [1.807, 2.05) is 6.92 Å². The minimum absolute atomic E-state index is 0.00300. The van der Waals surface area contributed by atoms with Gasteiger partial charge in [0.1, 0.15) is 0 Å². The lowest BCUT2D eigenvalue weighted by Crippen LogP contribution is -2.49. The Morgan fingerprint density at radius 1 is 1.50 bits per heavy atom. The van der Waals surface area contributed by atoms with E-state index in [4.69, 9.17) is 5.11 Å². The number of aliphatic hydroxyl groups is 2. The van der Waals surface area contributed by atoms with Gasteiger partial charge < -0.3 is 15.5 Å². The van der Waals surface area contributed by atoms with Gasteiger partial charge in [0.2, 0.25) is 5.91 Å². The number of carbonyl (C=O) groups is 1. The zero-order chi connectivity index (χ0) is 11.8. The van der Waals surface area contributed by atoms with Crippen LogP contribution in [0.5, 0.6) is 0 Å². The number of aliphatic hydroxyl groups excluding tert-OH is 2. The third kappa shape index (κ3) is 2.09. The van der Waals surface area contributed by atoms with Crippen LogP contribution in [0.1, 0.15) is 39.0 Å². The molecule has 2 aliphatic rings. The first-order valence-electron chi connectivity index (χ1n) is 6.21. The van der Waals surface area contributed by atoms with E-state index in [1.54, 1.807) is 0 Å². The molecule has 2 fully saturated rings. The first kappa shape index (κ1) is 11.9. The second-order valence-corrected chi connectivity index (χ2v) is 5.31. The number of hydrogen-bond acceptors (Lipinski definition) is 3. The van der Waals surface area contributed by atoms with Gasteiger partial charge in [-0.3, -0.25) is 4.79 Å². The van der Waals surface area contributed by atoms with Crippen molar-refractivity contribution >= 4 is 5.91 Å². The summed E-state index contributed by atoms with van der Waals surface area (Å²) in [5, 5.41) is 21.5. The quantitative estimate of drug-likeness (QED) is 0.637. The Bertz CT molecular complexity index is 269. The van der Waals surface area contributed by atoms with Crippen LogP contribution in [0.25, 0.3) is 0 Å². The highest BCUT2D eigenvalue weighted by Gasteiger charge is 2.50. The molecule has 2 rings (SSSR count). The molecule has 0 aliphatic heterocycles. The maximum Gasteiger partial charge on any atom is 0.228 e. The van der Waals surface area contributed by atoms with Crippen LogP contribution in [0.4, 0.5) is 0 Å². The molecule has 92 valence electrons. The molecule has 2 aliphatic carbocycles. The summed E-state index contributed by atoms with van der Waals surface area (Å²) >= 11 is 0. The smallest absolute Gasteiger partial charge is 0.228 e. The Morgan fingerprint density at radius 3 is 2.50 bits per heavy atom.